The van der Waals surface area contributed by atoms with Gasteiger partial charge in [0.05, 0.1) is 0 Å². The Bertz CT molecular complexity index is 458. The van der Waals surface area contributed by atoms with Gasteiger partial charge < -0.3 is 5.32 Å². The fourth-order valence-corrected chi connectivity index (χ4v) is 1.93. The number of fused-ring (bicyclic) bond motifs is 1. The molecule has 0 unspecified atom stereocenters. The van der Waals surface area contributed by atoms with Crippen molar-refractivity contribution < 1.29 is 14.4 Å². The topological polar surface area (TPSA) is 63.2 Å². The van der Waals surface area contributed by atoms with Crippen molar-refractivity contribution in [3.05, 3.63) is 35.4 Å². The second-order valence-electron chi connectivity index (χ2n) is 4.02. The zero-order valence-electron chi connectivity index (χ0n) is 9.53. The summed E-state index contributed by atoms with van der Waals surface area (Å²) in [5.74, 6) is -0.878. The molecular formula is C13H13NO3. The van der Waals surface area contributed by atoms with Gasteiger partial charge in [-0.3, -0.25) is 14.4 Å². The van der Waals surface area contributed by atoms with E-state index >= 15 is 0 Å². The smallest absolute Gasteiger partial charge is 0.220 e. The molecule has 0 fully saturated rings. The van der Waals surface area contributed by atoms with Crippen LogP contribution in [-0.2, 0) is 4.79 Å². The molecule has 0 saturated carbocycles. The van der Waals surface area contributed by atoms with E-state index in [1.807, 2.05) is 6.92 Å². The third-order valence-electron chi connectivity index (χ3n) is 2.76. The average Bonchev–Trinajstić information content (AvgIpc) is 2.56. The zero-order valence-corrected chi connectivity index (χ0v) is 9.53. The number of rotatable bonds is 3. The Hall–Kier alpha value is -1.97. The molecule has 1 aromatic rings. The number of carbonyl (C=O) groups is 3. The zero-order chi connectivity index (χ0) is 12.4. The van der Waals surface area contributed by atoms with Gasteiger partial charge in [0.2, 0.25) is 5.91 Å². The minimum atomic E-state index is -1.02. The predicted octanol–water partition coefficient (Wildman–Crippen LogP) is 1.35. The molecular weight excluding hydrogens is 218 g/mol. The van der Waals surface area contributed by atoms with Crippen LogP contribution in [-0.4, -0.2) is 23.5 Å². The SMILES string of the molecule is CCCC(=O)NC1C(=O)c2ccccc2C1=O. The molecule has 0 atom stereocenters. The molecule has 0 aliphatic heterocycles. The number of hydrogen-bond acceptors (Lipinski definition) is 3. The maximum atomic E-state index is 11.9. The predicted molar refractivity (Wildman–Crippen MR) is 61.9 cm³/mol. The van der Waals surface area contributed by atoms with Gasteiger partial charge in [-0.05, 0) is 6.42 Å². The summed E-state index contributed by atoms with van der Waals surface area (Å²) in [6.45, 7) is 1.87. The highest BCUT2D eigenvalue weighted by molar-refractivity contribution is 6.30. The molecule has 1 aliphatic rings. The first-order valence-corrected chi connectivity index (χ1v) is 5.62. The molecule has 0 spiro atoms. The van der Waals surface area contributed by atoms with E-state index < -0.39 is 6.04 Å². The molecule has 1 N–H and O–H groups in total. The first kappa shape index (κ1) is 11.5. The van der Waals surface area contributed by atoms with Crippen LogP contribution in [0.1, 0.15) is 40.5 Å². The Morgan fingerprint density at radius 1 is 1.18 bits per heavy atom. The fourth-order valence-electron chi connectivity index (χ4n) is 1.93. The summed E-state index contributed by atoms with van der Waals surface area (Å²) in [5.41, 5.74) is 0.804. The number of benzene rings is 1. The van der Waals surface area contributed by atoms with E-state index in [4.69, 9.17) is 0 Å². The van der Waals surface area contributed by atoms with E-state index in [2.05, 4.69) is 5.32 Å². The van der Waals surface area contributed by atoms with Gasteiger partial charge in [-0.1, -0.05) is 31.2 Å². The second kappa shape index (κ2) is 4.49. The summed E-state index contributed by atoms with van der Waals surface area (Å²) in [6, 6.07) is 5.62. The van der Waals surface area contributed by atoms with Crippen molar-refractivity contribution in [3.8, 4) is 0 Å². The van der Waals surface area contributed by atoms with Crippen LogP contribution in [0.4, 0.5) is 0 Å². The van der Waals surface area contributed by atoms with Crippen molar-refractivity contribution in [2.75, 3.05) is 0 Å². The molecule has 0 heterocycles. The van der Waals surface area contributed by atoms with Crippen LogP contribution in [0.2, 0.25) is 0 Å². The molecule has 0 aromatic heterocycles. The van der Waals surface area contributed by atoms with Crippen molar-refractivity contribution in [2.24, 2.45) is 0 Å². The number of hydrogen-bond donors (Lipinski definition) is 1. The summed E-state index contributed by atoms with van der Waals surface area (Å²) < 4.78 is 0. The van der Waals surface area contributed by atoms with Gasteiger partial charge >= 0.3 is 0 Å². The normalized spacial score (nSPS) is 14.9. The quantitative estimate of drug-likeness (QED) is 0.799. The molecule has 0 bridgehead atoms. The molecule has 2 rings (SSSR count). The van der Waals surface area contributed by atoms with Crippen LogP contribution in [0.15, 0.2) is 24.3 Å². The molecule has 88 valence electrons. The van der Waals surface area contributed by atoms with E-state index in [1.54, 1.807) is 24.3 Å². The third-order valence-corrected chi connectivity index (χ3v) is 2.76. The minimum Gasteiger partial charge on any atom is -0.339 e. The highest BCUT2D eigenvalue weighted by Crippen LogP contribution is 2.21. The number of carbonyl (C=O) groups excluding carboxylic acids is 3. The number of Topliss-reactive ketones (excluding diaryl/α,β-unsaturated/α-hetero) is 2. The lowest BCUT2D eigenvalue weighted by Crippen LogP contribution is -2.42. The monoisotopic (exact) mass is 231 g/mol. The first-order chi connectivity index (χ1) is 8.15. The number of nitrogens with one attached hydrogen (secondary N) is 1. The van der Waals surface area contributed by atoms with Crippen LogP contribution in [0.3, 0.4) is 0 Å². The van der Waals surface area contributed by atoms with Crippen LogP contribution < -0.4 is 5.32 Å². The van der Waals surface area contributed by atoms with Crippen LogP contribution >= 0.6 is 0 Å². The van der Waals surface area contributed by atoms with E-state index in [9.17, 15) is 14.4 Å². The maximum Gasteiger partial charge on any atom is 0.220 e. The standard InChI is InChI=1S/C13H13NO3/c1-2-5-10(15)14-11-12(16)8-6-3-4-7-9(8)13(11)17/h3-4,6-7,11H,2,5H2,1H3,(H,14,15). The summed E-state index contributed by atoms with van der Waals surface area (Å²) in [4.78, 5) is 35.2. The van der Waals surface area contributed by atoms with Crippen molar-refractivity contribution in [1.29, 1.82) is 0 Å². The van der Waals surface area contributed by atoms with Gasteiger partial charge in [-0.25, -0.2) is 0 Å². The Kier molecular flexibility index (Phi) is 3.04. The van der Waals surface area contributed by atoms with Crippen molar-refractivity contribution in [3.63, 3.8) is 0 Å². The number of amides is 1. The average molecular weight is 231 g/mol. The van der Waals surface area contributed by atoms with Gasteiger partial charge in [-0.15, -0.1) is 0 Å². The second-order valence-corrected chi connectivity index (χ2v) is 4.02. The Morgan fingerprint density at radius 3 is 2.18 bits per heavy atom. The summed E-state index contributed by atoms with van der Waals surface area (Å²) >= 11 is 0. The maximum absolute atomic E-state index is 11.9. The van der Waals surface area contributed by atoms with E-state index in [0.717, 1.165) is 0 Å². The summed E-state index contributed by atoms with van der Waals surface area (Å²) in [5, 5.41) is 2.49. The van der Waals surface area contributed by atoms with Gasteiger partial charge in [0.25, 0.3) is 0 Å². The van der Waals surface area contributed by atoms with Gasteiger partial charge in [0.15, 0.2) is 17.6 Å². The van der Waals surface area contributed by atoms with Crippen LogP contribution in [0, 0.1) is 0 Å². The minimum absolute atomic E-state index is 0.257. The Balaban J connectivity index is 2.22. The Morgan fingerprint density at radius 2 is 1.71 bits per heavy atom. The van der Waals surface area contributed by atoms with Gasteiger partial charge in [0.1, 0.15) is 0 Å². The molecule has 0 radical (unpaired) electrons. The lowest BCUT2D eigenvalue weighted by molar-refractivity contribution is -0.121. The van der Waals surface area contributed by atoms with Crippen LogP contribution in [0.5, 0.6) is 0 Å². The van der Waals surface area contributed by atoms with Crippen molar-refractivity contribution >= 4 is 17.5 Å². The highest BCUT2D eigenvalue weighted by atomic mass is 16.2. The lowest BCUT2D eigenvalue weighted by Gasteiger charge is -2.08. The molecule has 1 amide bonds. The molecule has 4 nitrogen and oxygen atoms in total. The van der Waals surface area contributed by atoms with Crippen LogP contribution in [0.25, 0.3) is 0 Å². The van der Waals surface area contributed by atoms with Crippen molar-refractivity contribution in [2.45, 2.75) is 25.8 Å². The largest absolute Gasteiger partial charge is 0.339 e. The molecule has 4 heteroatoms. The fraction of sp³-hybridized carbons (Fsp3) is 0.308. The highest BCUT2D eigenvalue weighted by Gasteiger charge is 2.38. The van der Waals surface area contributed by atoms with E-state index in [0.29, 0.717) is 24.0 Å². The van der Waals surface area contributed by atoms with E-state index in [1.165, 1.54) is 0 Å². The van der Waals surface area contributed by atoms with Gasteiger partial charge in [-0.2, -0.15) is 0 Å². The summed E-state index contributed by atoms with van der Waals surface area (Å²) in [7, 11) is 0. The summed E-state index contributed by atoms with van der Waals surface area (Å²) in [6.07, 6.45) is 1.02. The van der Waals surface area contributed by atoms with Crippen molar-refractivity contribution in [1.82, 2.24) is 5.32 Å². The first-order valence-electron chi connectivity index (χ1n) is 5.62. The molecule has 17 heavy (non-hydrogen) atoms. The molecule has 1 aromatic carbocycles. The molecule has 1 aliphatic carbocycles. The molecule has 0 saturated heterocycles. The van der Waals surface area contributed by atoms with Gasteiger partial charge in [0, 0.05) is 17.5 Å². The Labute approximate surface area is 99.0 Å². The third kappa shape index (κ3) is 1.98. The van der Waals surface area contributed by atoms with E-state index in [-0.39, 0.29) is 17.5 Å². The number of ketones is 2. The lowest BCUT2D eigenvalue weighted by atomic mass is 10.1.